The number of hydrogen-bond donors (Lipinski definition) is 1. The number of carbonyl (C=O) groups excluding carboxylic acids is 2. The van der Waals surface area contributed by atoms with Crippen LogP contribution in [0.1, 0.15) is 23.1 Å². The van der Waals surface area contributed by atoms with Gasteiger partial charge in [0.2, 0.25) is 5.82 Å². The van der Waals surface area contributed by atoms with E-state index in [1.807, 2.05) is 0 Å². The van der Waals surface area contributed by atoms with Gasteiger partial charge in [0, 0.05) is 10.9 Å². The zero-order valence-electron chi connectivity index (χ0n) is 15.5. The number of alkyl halides is 3. The van der Waals surface area contributed by atoms with E-state index < -0.39 is 17.3 Å². The van der Waals surface area contributed by atoms with Crippen molar-refractivity contribution in [1.82, 2.24) is 9.97 Å². The molecule has 2 aromatic carbocycles. The van der Waals surface area contributed by atoms with Crippen LogP contribution in [0.15, 0.2) is 47.5 Å². The van der Waals surface area contributed by atoms with Crippen LogP contribution in [-0.4, -0.2) is 33.5 Å². The highest BCUT2D eigenvalue weighted by molar-refractivity contribution is 8.00. The maximum Gasteiger partial charge on any atom is 0.451 e. The fourth-order valence-corrected chi connectivity index (χ4v) is 3.97. The number of rotatable bonds is 4. The minimum atomic E-state index is -4.71. The molecule has 0 saturated heterocycles. The lowest BCUT2D eigenvalue weighted by Gasteiger charge is -2.19. The van der Waals surface area contributed by atoms with Gasteiger partial charge < -0.3 is 10.1 Å². The Bertz CT molecular complexity index is 1170. The number of benzene rings is 2. The molecule has 154 valence electrons. The van der Waals surface area contributed by atoms with Gasteiger partial charge in [0.15, 0.2) is 12.4 Å². The molecule has 0 spiro atoms. The number of Topliss-reactive ketones (excluding diaryl/α,β-unsaturated/α-hetero) is 1. The summed E-state index contributed by atoms with van der Waals surface area (Å²) in [6, 6.07) is 10.9. The summed E-state index contributed by atoms with van der Waals surface area (Å²) in [5, 5.41) is 2.39. The predicted molar refractivity (Wildman–Crippen MR) is 105 cm³/mol. The van der Waals surface area contributed by atoms with E-state index in [2.05, 4.69) is 15.3 Å². The van der Waals surface area contributed by atoms with E-state index in [0.29, 0.717) is 22.4 Å². The molecule has 1 amide bonds. The number of nitrogens with zero attached hydrogens (tertiary/aromatic N) is 2. The van der Waals surface area contributed by atoms with Gasteiger partial charge in [-0.05, 0) is 31.2 Å². The van der Waals surface area contributed by atoms with Crippen molar-refractivity contribution in [3.8, 4) is 5.75 Å². The molecular formula is C20H14F3N3O3S. The molecule has 1 aromatic heterocycles. The molecule has 30 heavy (non-hydrogen) atoms. The Kier molecular flexibility index (Phi) is 5.10. The van der Waals surface area contributed by atoms with Gasteiger partial charge in [0.05, 0.1) is 16.5 Å². The molecule has 1 unspecified atom stereocenters. The van der Waals surface area contributed by atoms with E-state index in [1.54, 1.807) is 37.3 Å². The van der Waals surface area contributed by atoms with Crippen molar-refractivity contribution in [2.24, 2.45) is 0 Å². The minimum absolute atomic E-state index is 0.0726. The number of hydrogen-bond acceptors (Lipinski definition) is 6. The number of fused-ring (bicyclic) bond motifs is 2. The topological polar surface area (TPSA) is 81.2 Å². The molecule has 1 atom stereocenters. The molecule has 0 saturated carbocycles. The second-order valence-corrected chi connectivity index (χ2v) is 7.87. The highest BCUT2D eigenvalue weighted by Crippen LogP contribution is 2.35. The summed E-state index contributed by atoms with van der Waals surface area (Å²) in [7, 11) is 0. The zero-order valence-corrected chi connectivity index (χ0v) is 16.3. The first-order chi connectivity index (χ1) is 14.2. The van der Waals surface area contributed by atoms with Crippen LogP contribution in [0, 0.1) is 0 Å². The van der Waals surface area contributed by atoms with Gasteiger partial charge >= 0.3 is 6.18 Å². The molecule has 6 nitrogen and oxygen atoms in total. The molecule has 1 aliphatic rings. The third-order valence-electron chi connectivity index (χ3n) is 4.38. The fraction of sp³-hybridized carbons (Fsp3) is 0.200. The average molecular weight is 433 g/mol. The van der Waals surface area contributed by atoms with Crippen molar-refractivity contribution in [2.45, 2.75) is 23.4 Å². The summed E-state index contributed by atoms with van der Waals surface area (Å²) in [6.45, 7) is 1.49. The highest BCUT2D eigenvalue weighted by Gasteiger charge is 2.36. The molecule has 0 radical (unpaired) electrons. The van der Waals surface area contributed by atoms with Crippen LogP contribution in [0.2, 0.25) is 0 Å². The van der Waals surface area contributed by atoms with Gasteiger partial charge in [-0.25, -0.2) is 9.97 Å². The van der Waals surface area contributed by atoms with Crippen LogP contribution >= 0.6 is 11.8 Å². The molecule has 3 aromatic rings. The molecule has 1 aliphatic heterocycles. The third-order valence-corrected chi connectivity index (χ3v) is 5.48. The summed E-state index contributed by atoms with van der Waals surface area (Å²) >= 11 is 0.925. The SMILES string of the molecule is CC(Sc1nc(C(F)(F)F)nc2ccccc12)C(=O)c1ccc2c(c1)NC(=O)CO2. The maximum absolute atomic E-state index is 13.2. The van der Waals surface area contributed by atoms with Gasteiger partial charge in [-0.2, -0.15) is 13.2 Å². The summed E-state index contributed by atoms with van der Waals surface area (Å²) in [6.07, 6.45) is -4.71. The number of nitrogens with one attached hydrogen (secondary N) is 1. The summed E-state index contributed by atoms with van der Waals surface area (Å²) < 4.78 is 44.9. The number of anilines is 1. The average Bonchev–Trinajstić information content (AvgIpc) is 2.71. The Labute approximate surface area is 172 Å². The van der Waals surface area contributed by atoms with Crippen LogP contribution in [0.25, 0.3) is 10.9 Å². The van der Waals surface area contributed by atoms with Crippen LogP contribution in [0.3, 0.4) is 0 Å². The number of ketones is 1. The van der Waals surface area contributed by atoms with E-state index in [9.17, 15) is 22.8 Å². The second-order valence-electron chi connectivity index (χ2n) is 6.54. The second kappa shape index (κ2) is 7.60. The van der Waals surface area contributed by atoms with Gasteiger partial charge in [0.1, 0.15) is 10.8 Å². The number of amides is 1. The van der Waals surface area contributed by atoms with Crippen LogP contribution < -0.4 is 10.1 Å². The largest absolute Gasteiger partial charge is 0.482 e. The normalized spacial score (nSPS) is 14.6. The quantitative estimate of drug-likeness (QED) is 0.375. The predicted octanol–water partition coefficient (Wildman–Crippen LogP) is 4.34. The molecule has 0 bridgehead atoms. The minimum Gasteiger partial charge on any atom is -0.482 e. The fourth-order valence-electron chi connectivity index (χ4n) is 2.96. The van der Waals surface area contributed by atoms with Crippen molar-refractivity contribution in [3.05, 3.63) is 53.9 Å². The van der Waals surface area contributed by atoms with Gasteiger partial charge in [-0.3, -0.25) is 9.59 Å². The van der Waals surface area contributed by atoms with Crippen molar-refractivity contribution in [1.29, 1.82) is 0 Å². The van der Waals surface area contributed by atoms with E-state index in [0.717, 1.165) is 11.8 Å². The monoisotopic (exact) mass is 433 g/mol. The smallest absolute Gasteiger partial charge is 0.451 e. The van der Waals surface area contributed by atoms with E-state index in [4.69, 9.17) is 4.74 Å². The van der Waals surface area contributed by atoms with Gasteiger partial charge in [-0.1, -0.05) is 30.0 Å². The molecule has 1 N–H and O–H groups in total. The number of aromatic nitrogens is 2. The number of halogens is 3. The maximum atomic E-state index is 13.2. The molecule has 0 aliphatic carbocycles. The lowest BCUT2D eigenvalue weighted by atomic mass is 10.1. The Morgan fingerprint density at radius 3 is 2.73 bits per heavy atom. The Hall–Kier alpha value is -3.14. The number of carbonyl (C=O) groups is 2. The van der Waals surface area contributed by atoms with Crippen molar-refractivity contribution in [2.75, 3.05) is 11.9 Å². The Morgan fingerprint density at radius 1 is 1.20 bits per heavy atom. The lowest BCUT2D eigenvalue weighted by Crippen LogP contribution is -2.25. The molecule has 0 fully saturated rings. The van der Waals surface area contributed by atoms with Crippen LogP contribution in [0.4, 0.5) is 18.9 Å². The van der Waals surface area contributed by atoms with E-state index in [1.165, 1.54) is 12.1 Å². The number of thioether (sulfide) groups is 1. The molecule has 2 heterocycles. The van der Waals surface area contributed by atoms with Crippen LogP contribution in [-0.2, 0) is 11.0 Å². The standard InChI is InChI=1S/C20H14F3N3O3S/c1-10(17(28)11-6-7-15-14(8-11)24-16(27)9-29-15)30-18-12-4-2-3-5-13(12)25-19(26-18)20(21,22)23/h2-8,10H,9H2,1H3,(H,24,27). The number of ether oxygens (including phenoxy) is 1. The summed E-state index contributed by atoms with van der Waals surface area (Å²) in [4.78, 5) is 31.6. The van der Waals surface area contributed by atoms with E-state index >= 15 is 0 Å². The van der Waals surface area contributed by atoms with Crippen molar-refractivity contribution in [3.63, 3.8) is 0 Å². The molecule has 4 rings (SSSR count). The van der Waals surface area contributed by atoms with Gasteiger partial charge in [0.25, 0.3) is 5.91 Å². The summed E-state index contributed by atoms with van der Waals surface area (Å²) in [5.74, 6) is -1.46. The first-order valence-corrected chi connectivity index (χ1v) is 9.72. The van der Waals surface area contributed by atoms with Gasteiger partial charge in [-0.15, -0.1) is 0 Å². The first kappa shape index (κ1) is 20.1. The first-order valence-electron chi connectivity index (χ1n) is 8.84. The highest BCUT2D eigenvalue weighted by atomic mass is 32.2. The Morgan fingerprint density at radius 2 is 1.97 bits per heavy atom. The third kappa shape index (κ3) is 3.95. The van der Waals surface area contributed by atoms with Crippen LogP contribution in [0.5, 0.6) is 5.75 Å². The van der Waals surface area contributed by atoms with Crippen molar-refractivity contribution >= 4 is 40.0 Å². The lowest BCUT2D eigenvalue weighted by molar-refractivity contribution is -0.145. The van der Waals surface area contributed by atoms with Crippen molar-refractivity contribution < 1.29 is 27.5 Å². The Balaban J connectivity index is 1.64. The van der Waals surface area contributed by atoms with E-state index in [-0.39, 0.29) is 28.8 Å². The summed E-state index contributed by atoms with van der Waals surface area (Å²) in [5.41, 5.74) is 0.825. The molecule has 10 heteroatoms. The molecular weight excluding hydrogens is 419 g/mol. The number of para-hydroxylation sites is 1. The zero-order chi connectivity index (χ0) is 21.5.